The Morgan fingerprint density at radius 2 is 1.46 bits per heavy atom. The van der Waals surface area contributed by atoms with Gasteiger partial charge in [0.2, 0.25) is 0 Å². The van der Waals surface area contributed by atoms with E-state index in [0.29, 0.717) is 29.2 Å². The van der Waals surface area contributed by atoms with Gasteiger partial charge in [-0.2, -0.15) is 0 Å². The molecule has 0 bridgehead atoms. The standard InChI is InChI=1S/C22H26N4O2/c1-26-18(23-19-20(26)24-22(28)25-21(19)27)14-13-17-11-9-16(10-12-17)8-7-15-5-3-2-4-6-15/h15-17H,2-6,9-12H2,1H3,(H2,24,25,27,28)/t16-,17+. The topological polar surface area (TPSA) is 83.5 Å². The van der Waals surface area contributed by atoms with Crippen molar-refractivity contribution in [2.45, 2.75) is 57.8 Å². The molecule has 2 N–H and O–H groups in total. The number of hydrogen-bond donors (Lipinski definition) is 2. The maximum atomic E-state index is 11.9. The van der Waals surface area contributed by atoms with Crippen molar-refractivity contribution >= 4 is 11.2 Å². The lowest BCUT2D eigenvalue weighted by atomic mass is 9.82. The number of H-pyrrole nitrogens is 2. The van der Waals surface area contributed by atoms with Crippen molar-refractivity contribution in [2.75, 3.05) is 0 Å². The summed E-state index contributed by atoms with van der Waals surface area (Å²) in [5, 5.41) is 0. The Morgan fingerprint density at radius 3 is 2.14 bits per heavy atom. The minimum absolute atomic E-state index is 0.216. The van der Waals surface area contributed by atoms with Crippen molar-refractivity contribution in [3.63, 3.8) is 0 Å². The van der Waals surface area contributed by atoms with E-state index < -0.39 is 11.2 Å². The van der Waals surface area contributed by atoms with E-state index in [-0.39, 0.29) is 5.52 Å². The van der Waals surface area contributed by atoms with Gasteiger partial charge in [-0.1, -0.05) is 37.0 Å². The highest BCUT2D eigenvalue weighted by Crippen LogP contribution is 2.29. The molecule has 2 saturated carbocycles. The van der Waals surface area contributed by atoms with Crippen molar-refractivity contribution in [3.8, 4) is 23.7 Å². The van der Waals surface area contributed by atoms with Crippen LogP contribution in [0, 0.1) is 41.4 Å². The third-order valence-electron chi connectivity index (χ3n) is 5.98. The van der Waals surface area contributed by atoms with Gasteiger partial charge in [-0.15, -0.1) is 0 Å². The van der Waals surface area contributed by atoms with Crippen LogP contribution in [0.25, 0.3) is 11.2 Å². The van der Waals surface area contributed by atoms with E-state index in [4.69, 9.17) is 0 Å². The Morgan fingerprint density at radius 1 is 0.857 bits per heavy atom. The van der Waals surface area contributed by atoms with Crippen LogP contribution < -0.4 is 11.2 Å². The highest BCUT2D eigenvalue weighted by atomic mass is 16.2. The van der Waals surface area contributed by atoms with Gasteiger partial charge in [0.25, 0.3) is 5.56 Å². The molecule has 0 unspecified atom stereocenters. The summed E-state index contributed by atoms with van der Waals surface area (Å²) in [5.41, 5.74) is -0.403. The first-order valence-electron chi connectivity index (χ1n) is 10.3. The summed E-state index contributed by atoms with van der Waals surface area (Å²) in [6, 6.07) is 0. The number of aromatic amines is 2. The second-order valence-corrected chi connectivity index (χ2v) is 8.04. The molecule has 6 heteroatoms. The van der Waals surface area contributed by atoms with Gasteiger partial charge in [0.15, 0.2) is 11.3 Å². The molecule has 0 aromatic carbocycles. The van der Waals surface area contributed by atoms with E-state index in [2.05, 4.69) is 38.6 Å². The van der Waals surface area contributed by atoms with Crippen LogP contribution in [0.5, 0.6) is 0 Å². The SMILES string of the molecule is Cn1c(C#C[C@H]2CC[C@@H](C#CC3CCCCC3)CC2)nc2c(=O)[nH]c(=O)[nH]c21. The lowest BCUT2D eigenvalue weighted by molar-refractivity contribution is 0.371. The van der Waals surface area contributed by atoms with Gasteiger partial charge in [0.05, 0.1) is 0 Å². The predicted octanol–water partition coefficient (Wildman–Crippen LogP) is 2.69. The molecule has 2 heterocycles. The summed E-state index contributed by atoms with van der Waals surface area (Å²) in [5.74, 6) is 15.5. The molecule has 0 spiro atoms. The molecule has 0 radical (unpaired) electrons. The molecule has 28 heavy (non-hydrogen) atoms. The van der Waals surface area contributed by atoms with Crippen LogP contribution in [0.4, 0.5) is 0 Å². The number of aryl methyl sites for hydroxylation is 1. The Labute approximate surface area is 164 Å². The molecular weight excluding hydrogens is 352 g/mol. The van der Waals surface area contributed by atoms with Gasteiger partial charge < -0.3 is 4.57 Å². The molecule has 0 saturated heterocycles. The fourth-order valence-corrected chi connectivity index (χ4v) is 4.24. The first kappa shape index (κ1) is 18.6. The first-order valence-corrected chi connectivity index (χ1v) is 10.3. The molecule has 2 aliphatic carbocycles. The number of rotatable bonds is 0. The summed E-state index contributed by atoms with van der Waals surface area (Å²) >= 11 is 0. The predicted molar refractivity (Wildman–Crippen MR) is 109 cm³/mol. The molecule has 2 fully saturated rings. The Balaban J connectivity index is 1.40. The van der Waals surface area contributed by atoms with Crippen LogP contribution in [0.1, 0.15) is 63.6 Å². The monoisotopic (exact) mass is 378 g/mol. The van der Waals surface area contributed by atoms with Crippen LogP contribution in [-0.4, -0.2) is 19.5 Å². The summed E-state index contributed by atoms with van der Waals surface area (Å²) in [6.07, 6.45) is 10.9. The number of fused-ring (bicyclic) bond motifs is 1. The average Bonchev–Trinajstić information content (AvgIpc) is 3.03. The normalized spacial score (nSPS) is 22.9. The summed E-state index contributed by atoms with van der Waals surface area (Å²) in [4.78, 5) is 32.4. The fraction of sp³-hybridized carbons (Fsp3) is 0.591. The first-order chi connectivity index (χ1) is 13.6. The van der Waals surface area contributed by atoms with Crippen LogP contribution in [0.3, 0.4) is 0 Å². The summed E-state index contributed by atoms with van der Waals surface area (Å²) in [7, 11) is 1.76. The number of imidazole rings is 1. The fourth-order valence-electron chi connectivity index (χ4n) is 4.24. The molecule has 0 amide bonds. The molecule has 4 rings (SSSR count). The minimum atomic E-state index is -0.535. The van der Waals surface area contributed by atoms with E-state index in [1.54, 1.807) is 11.6 Å². The van der Waals surface area contributed by atoms with Crippen molar-refractivity contribution in [1.29, 1.82) is 0 Å². The van der Waals surface area contributed by atoms with Crippen LogP contribution in [0.2, 0.25) is 0 Å². The van der Waals surface area contributed by atoms with Gasteiger partial charge in [0.1, 0.15) is 5.65 Å². The third kappa shape index (κ3) is 4.07. The number of nitrogens with one attached hydrogen (secondary N) is 2. The second-order valence-electron chi connectivity index (χ2n) is 8.04. The van der Waals surface area contributed by atoms with Gasteiger partial charge >= 0.3 is 5.69 Å². The molecule has 6 nitrogen and oxygen atoms in total. The Hall–Kier alpha value is -2.73. The highest BCUT2D eigenvalue weighted by molar-refractivity contribution is 5.70. The molecule has 0 aliphatic heterocycles. The molecule has 146 valence electrons. The molecular formula is C22H26N4O2. The Bertz CT molecular complexity index is 1090. The summed E-state index contributed by atoms with van der Waals surface area (Å²) < 4.78 is 1.67. The maximum absolute atomic E-state index is 11.9. The lowest BCUT2D eigenvalue weighted by Crippen LogP contribution is -2.22. The average molecular weight is 378 g/mol. The van der Waals surface area contributed by atoms with Gasteiger partial charge in [-0.25, -0.2) is 9.78 Å². The minimum Gasteiger partial charge on any atom is -0.306 e. The van der Waals surface area contributed by atoms with Crippen LogP contribution in [0.15, 0.2) is 9.59 Å². The van der Waals surface area contributed by atoms with E-state index in [0.717, 1.165) is 25.7 Å². The summed E-state index contributed by atoms with van der Waals surface area (Å²) in [6.45, 7) is 0. The second kappa shape index (κ2) is 8.10. The quantitative estimate of drug-likeness (QED) is 0.692. The van der Waals surface area contributed by atoms with E-state index >= 15 is 0 Å². The van der Waals surface area contributed by atoms with Gasteiger partial charge in [-0.05, 0) is 44.4 Å². The van der Waals surface area contributed by atoms with E-state index in [9.17, 15) is 9.59 Å². The molecule has 0 atom stereocenters. The third-order valence-corrected chi connectivity index (χ3v) is 5.98. The lowest BCUT2D eigenvalue weighted by Gasteiger charge is -2.22. The highest BCUT2D eigenvalue weighted by Gasteiger charge is 2.19. The van der Waals surface area contributed by atoms with Crippen molar-refractivity contribution < 1.29 is 0 Å². The largest absolute Gasteiger partial charge is 0.327 e. The number of aromatic nitrogens is 4. The smallest absolute Gasteiger partial charge is 0.306 e. The zero-order valence-electron chi connectivity index (χ0n) is 16.3. The van der Waals surface area contributed by atoms with E-state index in [1.807, 2.05) is 0 Å². The van der Waals surface area contributed by atoms with Gasteiger partial charge in [-0.3, -0.25) is 14.8 Å². The number of hydrogen-bond acceptors (Lipinski definition) is 3. The zero-order valence-corrected chi connectivity index (χ0v) is 16.3. The zero-order chi connectivity index (χ0) is 19.5. The molecule has 2 aromatic rings. The van der Waals surface area contributed by atoms with E-state index in [1.165, 1.54) is 32.1 Å². The Kier molecular flexibility index (Phi) is 5.39. The van der Waals surface area contributed by atoms with Crippen LogP contribution >= 0.6 is 0 Å². The van der Waals surface area contributed by atoms with Crippen molar-refractivity contribution in [3.05, 3.63) is 26.7 Å². The number of nitrogens with zero attached hydrogens (tertiary/aromatic N) is 2. The van der Waals surface area contributed by atoms with Crippen LogP contribution in [-0.2, 0) is 7.05 Å². The molecule has 2 aliphatic rings. The van der Waals surface area contributed by atoms with Crippen molar-refractivity contribution in [2.24, 2.45) is 24.8 Å². The molecule has 2 aromatic heterocycles. The van der Waals surface area contributed by atoms with Gasteiger partial charge in [0, 0.05) is 24.8 Å². The van der Waals surface area contributed by atoms with Crippen molar-refractivity contribution in [1.82, 2.24) is 19.5 Å². The maximum Gasteiger partial charge on any atom is 0.327 e.